The zero-order valence-electron chi connectivity index (χ0n) is 34.9. The average molecular weight is 836 g/mol. The van der Waals surface area contributed by atoms with Gasteiger partial charge >= 0.3 is 0 Å². The van der Waals surface area contributed by atoms with Crippen molar-refractivity contribution in [3.05, 3.63) is 273 Å². The van der Waals surface area contributed by atoms with Crippen LogP contribution in [-0.2, 0) is 0 Å². The summed E-state index contributed by atoms with van der Waals surface area (Å²) in [4.78, 5) is 0. The lowest BCUT2D eigenvalue weighted by molar-refractivity contribution is 1.18. The molecule has 1 nitrogen and oxygen atoms in total. The van der Waals surface area contributed by atoms with E-state index in [1.165, 1.54) is 74.4 Å². The predicted molar refractivity (Wildman–Crippen MR) is 273 cm³/mol. The predicted octanol–water partition coefficient (Wildman–Crippen LogP) is 9.21. The van der Waals surface area contributed by atoms with E-state index in [-0.39, 0.29) is 0 Å². The first kappa shape index (κ1) is 38.4. The molecule has 0 aliphatic heterocycles. The summed E-state index contributed by atoms with van der Waals surface area (Å²) in [5, 5.41) is 13.5. The highest BCUT2D eigenvalue weighted by atomic mass is 28.3. The summed E-state index contributed by atoms with van der Waals surface area (Å²) >= 11 is 0. The minimum absolute atomic E-state index is 1.16. The van der Waals surface area contributed by atoms with Gasteiger partial charge in [-0.15, -0.1) is 0 Å². The quantitative estimate of drug-likeness (QED) is 0.0958. The lowest BCUT2D eigenvalue weighted by atomic mass is 10.1. The zero-order chi connectivity index (χ0) is 42.1. The van der Waals surface area contributed by atoms with E-state index in [9.17, 15) is 0 Å². The van der Waals surface area contributed by atoms with Crippen molar-refractivity contribution in [2.24, 2.45) is 0 Å². The van der Waals surface area contributed by atoms with Gasteiger partial charge in [0.15, 0.2) is 16.1 Å². The Morgan fingerprint density at radius 1 is 0.206 bits per heavy atom. The first-order chi connectivity index (χ1) is 31.3. The van der Waals surface area contributed by atoms with Crippen molar-refractivity contribution < 1.29 is 0 Å². The third-order valence-electron chi connectivity index (χ3n) is 13.1. The van der Waals surface area contributed by atoms with E-state index in [2.05, 4.69) is 278 Å². The van der Waals surface area contributed by atoms with Crippen LogP contribution in [0.25, 0.3) is 38.6 Å². The van der Waals surface area contributed by atoms with Crippen molar-refractivity contribution in [2.45, 2.75) is 0 Å². The number of hydrogen-bond donors (Lipinski definition) is 0. The van der Waals surface area contributed by atoms with Crippen molar-refractivity contribution >= 4 is 79.4 Å². The molecule has 11 rings (SSSR count). The van der Waals surface area contributed by atoms with Crippen LogP contribution in [0.5, 0.6) is 0 Å². The van der Waals surface area contributed by atoms with Gasteiger partial charge < -0.3 is 4.57 Å². The van der Waals surface area contributed by atoms with Gasteiger partial charge in [-0.1, -0.05) is 249 Å². The Hall–Kier alpha value is -7.57. The van der Waals surface area contributed by atoms with Gasteiger partial charge in [-0.05, 0) is 76.9 Å². The number of aromatic nitrogens is 1. The van der Waals surface area contributed by atoms with Gasteiger partial charge in [0.05, 0.1) is 11.0 Å². The van der Waals surface area contributed by atoms with Crippen LogP contribution >= 0.6 is 0 Å². The molecule has 0 N–H and O–H groups in total. The number of rotatable bonds is 10. The van der Waals surface area contributed by atoms with Gasteiger partial charge in [0.25, 0.3) is 0 Å². The lowest BCUT2D eigenvalue weighted by Gasteiger charge is -2.35. The van der Waals surface area contributed by atoms with E-state index in [0.717, 1.165) is 5.69 Å². The summed E-state index contributed by atoms with van der Waals surface area (Å²) in [6.07, 6.45) is 0. The fourth-order valence-electron chi connectivity index (χ4n) is 10.3. The molecule has 0 amide bonds. The maximum atomic E-state index is 2.41. The van der Waals surface area contributed by atoms with Crippen LogP contribution in [0.2, 0.25) is 0 Å². The Morgan fingerprint density at radius 3 is 0.746 bits per heavy atom. The molecule has 10 aromatic carbocycles. The number of benzene rings is 10. The number of nitrogens with zero attached hydrogens (tertiary/aromatic N) is 1. The van der Waals surface area contributed by atoms with Crippen LogP contribution in [0.1, 0.15) is 0 Å². The standard InChI is InChI=1S/C60H45NSi2/c1-6-20-49(21-7-1)62(50-22-8-2-9-23-50,51-24-10-3-11-25-51)54-40-34-46(35-41-54)47-36-42-55(43-37-47)63(52-26-12-4-13-27-52,53-28-14-5-15-29-53)56-44-38-48(39-45-56)61-59-32-18-16-30-57(59)58-31-17-19-33-60(58)61/h1-45H. The summed E-state index contributed by atoms with van der Waals surface area (Å²) in [6, 6.07) is 102. The number of para-hydroxylation sites is 2. The smallest absolute Gasteiger partial charge is 0.179 e. The molecule has 298 valence electrons. The van der Waals surface area contributed by atoms with Crippen molar-refractivity contribution in [3.63, 3.8) is 0 Å². The topological polar surface area (TPSA) is 4.93 Å². The zero-order valence-corrected chi connectivity index (χ0v) is 36.9. The fourth-order valence-corrected chi connectivity index (χ4v) is 19.8. The molecule has 0 atom stereocenters. The van der Waals surface area contributed by atoms with Gasteiger partial charge in [0.2, 0.25) is 0 Å². The molecular formula is C60H45NSi2. The van der Waals surface area contributed by atoms with Crippen molar-refractivity contribution in [2.75, 3.05) is 0 Å². The van der Waals surface area contributed by atoms with Gasteiger partial charge in [-0.25, -0.2) is 0 Å². The molecule has 0 fully saturated rings. The van der Waals surface area contributed by atoms with Crippen molar-refractivity contribution in [3.8, 4) is 16.8 Å². The monoisotopic (exact) mass is 835 g/mol. The Bertz CT molecular complexity index is 3090. The second-order valence-corrected chi connectivity index (χ2v) is 24.0. The van der Waals surface area contributed by atoms with Crippen molar-refractivity contribution in [1.29, 1.82) is 0 Å². The lowest BCUT2D eigenvalue weighted by Crippen LogP contribution is -2.74. The van der Waals surface area contributed by atoms with E-state index in [1.807, 2.05) is 0 Å². The first-order valence-corrected chi connectivity index (χ1v) is 25.8. The average Bonchev–Trinajstić information content (AvgIpc) is 3.71. The van der Waals surface area contributed by atoms with Gasteiger partial charge in [-0.3, -0.25) is 0 Å². The summed E-state index contributed by atoms with van der Waals surface area (Å²) < 4.78 is 2.41. The minimum atomic E-state index is -2.79. The van der Waals surface area contributed by atoms with Crippen LogP contribution in [0.15, 0.2) is 273 Å². The largest absolute Gasteiger partial charge is 0.309 e. The van der Waals surface area contributed by atoms with Crippen LogP contribution in [0, 0.1) is 0 Å². The molecule has 11 aromatic rings. The second kappa shape index (κ2) is 16.4. The van der Waals surface area contributed by atoms with E-state index in [4.69, 9.17) is 0 Å². The molecule has 0 aliphatic rings. The molecule has 0 bridgehead atoms. The van der Waals surface area contributed by atoms with E-state index in [0.29, 0.717) is 0 Å². The SMILES string of the molecule is c1ccc([Si](c2ccccc2)(c2ccccc2)c2ccc(-c3ccc([Si](c4ccccc4)(c4ccccc4)c4ccc(-n5c6ccccc6c6ccccc65)cc4)cc3)cc2)cc1. The number of hydrogen-bond acceptors (Lipinski definition) is 0. The fraction of sp³-hybridized carbons (Fsp3) is 0. The third kappa shape index (κ3) is 6.44. The van der Waals surface area contributed by atoms with Gasteiger partial charge in [-0.2, -0.15) is 0 Å². The summed E-state index contributed by atoms with van der Waals surface area (Å²) in [5.41, 5.74) is 6.03. The molecule has 1 aromatic heterocycles. The normalized spacial score (nSPS) is 11.8. The highest BCUT2D eigenvalue weighted by Crippen LogP contribution is 2.31. The second-order valence-electron chi connectivity index (χ2n) is 16.4. The Labute approximate surface area is 371 Å². The minimum Gasteiger partial charge on any atom is -0.309 e. The van der Waals surface area contributed by atoms with Gasteiger partial charge in [0.1, 0.15) is 0 Å². The Balaban J connectivity index is 1.03. The summed E-state index contributed by atoms with van der Waals surface area (Å²) in [7, 11) is -5.40. The van der Waals surface area contributed by atoms with Crippen LogP contribution in [0.4, 0.5) is 0 Å². The summed E-state index contributed by atoms with van der Waals surface area (Å²) in [6.45, 7) is 0. The van der Waals surface area contributed by atoms with E-state index in [1.54, 1.807) is 0 Å². The van der Waals surface area contributed by atoms with E-state index >= 15 is 0 Å². The highest BCUT2D eigenvalue weighted by Gasteiger charge is 2.42. The summed E-state index contributed by atoms with van der Waals surface area (Å²) in [5.74, 6) is 0. The third-order valence-corrected chi connectivity index (χ3v) is 22.7. The molecule has 1 heterocycles. The molecule has 0 radical (unpaired) electrons. The Kier molecular flexibility index (Phi) is 9.97. The maximum Gasteiger partial charge on any atom is 0.179 e. The molecule has 3 heteroatoms. The molecule has 0 unspecified atom stereocenters. The Morgan fingerprint density at radius 2 is 0.444 bits per heavy atom. The van der Waals surface area contributed by atoms with Crippen LogP contribution in [0.3, 0.4) is 0 Å². The molecular weight excluding hydrogens is 791 g/mol. The molecule has 0 spiro atoms. The van der Waals surface area contributed by atoms with Crippen molar-refractivity contribution in [1.82, 2.24) is 4.57 Å². The molecule has 0 saturated heterocycles. The van der Waals surface area contributed by atoms with Crippen LogP contribution < -0.4 is 41.5 Å². The highest BCUT2D eigenvalue weighted by molar-refractivity contribution is 7.20. The molecule has 0 saturated carbocycles. The number of fused-ring (bicyclic) bond motifs is 3. The maximum absolute atomic E-state index is 2.79. The van der Waals surface area contributed by atoms with Crippen LogP contribution in [-0.4, -0.2) is 20.7 Å². The van der Waals surface area contributed by atoms with E-state index < -0.39 is 16.1 Å². The molecule has 63 heavy (non-hydrogen) atoms. The van der Waals surface area contributed by atoms with Gasteiger partial charge in [0, 0.05) is 16.5 Å². The molecule has 0 aliphatic carbocycles. The first-order valence-electron chi connectivity index (χ1n) is 21.8.